The van der Waals surface area contributed by atoms with Crippen LogP contribution in [0.5, 0.6) is 11.5 Å². The highest BCUT2D eigenvalue weighted by Crippen LogP contribution is 2.27. The predicted molar refractivity (Wildman–Crippen MR) is 61.2 cm³/mol. The Bertz CT molecular complexity index is 438. The minimum absolute atomic E-state index is 0.160. The van der Waals surface area contributed by atoms with Crippen molar-refractivity contribution in [1.29, 1.82) is 0 Å². The average molecular weight is 221 g/mol. The molecule has 16 heavy (non-hydrogen) atoms. The zero-order valence-electron chi connectivity index (χ0n) is 9.37. The molecule has 0 radical (unpaired) electrons. The molecule has 0 spiro atoms. The summed E-state index contributed by atoms with van der Waals surface area (Å²) in [6, 6.07) is 2.89. The molecule has 0 heterocycles. The summed E-state index contributed by atoms with van der Waals surface area (Å²) in [7, 11) is 0. The van der Waals surface area contributed by atoms with Crippen molar-refractivity contribution in [2.45, 2.75) is 20.4 Å². The molecule has 0 unspecified atom stereocenters. The highest BCUT2D eigenvalue weighted by molar-refractivity contribution is 5.92. The van der Waals surface area contributed by atoms with Gasteiger partial charge in [-0.25, -0.2) is 0 Å². The topological polar surface area (TPSA) is 69.6 Å². The first-order chi connectivity index (χ1) is 7.41. The van der Waals surface area contributed by atoms with Gasteiger partial charge in [-0.05, 0) is 37.1 Å². The van der Waals surface area contributed by atoms with E-state index in [-0.39, 0.29) is 17.4 Å². The van der Waals surface area contributed by atoms with Crippen molar-refractivity contribution in [1.82, 2.24) is 5.32 Å². The Morgan fingerprint density at radius 3 is 2.50 bits per heavy atom. The van der Waals surface area contributed by atoms with Crippen LogP contribution in [0, 0.1) is 6.92 Å². The number of hydrogen-bond donors (Lipinski definition) is 3. The van der Waals surface area contributed by atoms with E-state index in [4.69, 9.17) is 0 Å². The van der Waals surface area contributed by atoms with E-state index in [9.17, 15) is 15.0 Å². The van der Waals surface area contributed by atoms with E-state index >= 15 is 0 Å². The lowest BCUT2D eigenvalue weighted by atomic mass is 10.1. The average Bonchev–Trinajstić information content (AvgIpc) is 2.20. The third-order valence-electron chi connectivity index (χ3n) is 2.26. The molecule has 4 heteroatoms. The van der Waals surface area contributed by atoms with Gasteiger partial charge in [-0.3, -0.25) is 4.79 Å². The number of aryl methyl sites for hydroxylation is 1. The second kappa shape index (κ2) is 4.70. The van der Waals surface area contributed by atoms with Crippen LogP contribution in [0.25, 0.3) is 0 Å². The van der Waals surface area contributed by atoms with Crippen molar-refractivity contribution in [2.75, 3.05) is 0 Å². The molecule has 0 saturated carbocycles. The van der Waals surface area contributed by atoms with Crippen LogP contribution in [0.2, 0.25) is 0 Å². The van der Waals surface area contributed by atoms with E-state index in [1.54, 1.807) is 13.8 Å². The van der Waals surface area contributed by atoms with Gasteiger partial charge < -0.3 is 15.5 Å². The van der Waals surface area contributed by atoms with E-state index in [2.05, 4.69) is 11.9 Å². The molecule has 1 amide bonds. The quantitative estimate of drug-likeness (QED) is 0.536. The van der Waals surface area contributed by atoms with Gasteiger partial charge in [0.05, 0.1) is 0 Å². The molecular weight excluding hydrogens is 206 g/mol. The molecule has 86 valence electrons. The Morgan fingerprint density at radius 2 is 1.94 bits per heavy atom. The molecule has 0 saturated heterocycles. The highest BCUT2D eigenvalue weighted by Gasteiger charge is 2.07. The number of nitrogens with one attached hydrogen (secondary N) is 1. The predicted octanol–water partition coefficient (Wildman–Crippen LogP) is 1.60. The van der Waals surface area contributed by atoms with Crippen LogP contribution >= 0.6 is 0 Å². The van der Waals surface area contributed by atoms with Gasteiger partial charge in [-0.1, -0.05) is 6.58 Å². The molecule has 0 aromatic heterocycles. The molecule has 1 aromatic rings. The largest absolute Gasteiger partial charge is 0.504 e. The Hall–Kier alpha value is -1.97. The first kappa shape index (κ1) is 12.1. The van der Waals surface area contributed by atoms with Crippen LogP contribution in [0.4, 0.5) is 0 Å². The van der Waals surface area contributed by atoms with Gasteiger partial charge >= 0.3 is 0 Å². The molecule has 3 N–H and O–H groups in total. The lowest BCUT2D eigenvalue weighted by Crippen LogP contribution is -2.23. The standard InChI is InChI=1S/C12H15NO3/c1-7(2)12(16)13-6-9-5-11(15)10(14)4-8(9)3/h4-5,14-15H,1,6H2,2-3H3,(H,13,16). The van der Waals surface area contributed by atoms with E-state index in [0.29, 0.717) is 12.1 Å². The summed E-state index contributed by atoms with van der Waals surface area (Å²) in [6.45, 7) is 7.23. The van der Waals surface area contributed by atoms with E-state index < -0.39 is 0 Å². The number of benzene rings is 1. The van der Waals surface area contributed by atoms with E-state index in [0.717, 1.165) is 11.1 Å². The maximum atomic E-state index is 11.3. The number of amides is 1. The monoisotopic (exact) mass is 221 g/mol. The summed E-state index contributed by atoms with van der Waals surface area (Å²) in [4.78, 5) is 11.3. The van der Waals surface area contributed by atoms with Crippen molar-refractivity contribution < 1.29 is 15.0 Å². The summed E-state index contributed by atoms with van der Waals surface area (Å²) in [5.41, 5.74) is 1.99. The van der Waals surface area contributed by atoms with Crippen LogP contribution in [0.3, 0.4) is 0 Å². The highest BCUT2D eigenvalue weighted by atomic mass is 16.3. The molecule has 1 rings (SSSR count). The number of rotatable bonds is 3. The Morgan fingerprint density at radius 1 is 1.38 bits per heavy atom. The van der Waals surface area contributed by atoms with E-state index in [1.807, 2.05) is 0 Å². The van der Waals surface area contributed by atoms with E-state index in [1.165, 1.54) is 12.1 Å². The SMILES string of the molecule is C=C(C)C(=O)NCc1cc(O)c(O)cc1C. The number of hydrogen-bond acceptors (Lipinski definition) is 3. The van der Waals surface area contributed by atoms with Crippen molar-refractivity contribution >= 4 is 5.91 Å². The Kier molecular flexibility index (Phi) is 3.55. The lowest BCUT2D eigenvalue weighted by molar-refractivity contribution is -0.117. The maximum Gasteiger partial charge on any atom is 0.246 e. The molecule has 4 nitrogen and oxygen atoms in total. The lowest BCUT2D eigenvalue weighted by Gasteiger charge is -2.09. The molecule has 0 aliphatic rings. The van der Waals surface area contributed by atoms with Gasteiger partial charge in [0.15, 0.2) is 11.5 Å². The summed E-state index contributed by atoms with van der Waals surface area (Å²) in [5.74, 6) is -0.579. The second-order valence-corrected chi connectivity index (χ2v) is 3.73. The Labute approximate surface area is 94.2 Å². The van der Waals surface area contributed by atoms with Gasteiger partial charge in [-0.15, -0.1) is 0 Å². The number of carbonyl (C=O) groups excluding carboxylic acids is 1. The van der Waals surface area contributed by atoms with Gasteiger partial charge in [0, 0.05) is 12.1 Å². The van der Waals surface area contributed by atoms with Crippen LogP contribution in [-0.4, -0.2) is 16.1 Å². The molecule has 0 atom stereocenters. The van der Waals surface area contributed by atoms with Crippen LogP contribution in [-0.2, 0) is 11.3 Å². The fourth-order valence-corrected chi connectivity index (χ4v) is 1.24. The van der Waals surface area contributed by atoms with Crippen molar-refractivity contribution in [3.8, 4) is 11.5 Å². The summed E-state index contributed by atoms with van der Waals surface area (Å²) < 4.78 is 0. The minimum Gasteiger partial charge on any atom is -0.504 e. The first-order valence-electron chi connectivity index (χ1n) is 4.87. The molecule has 0 bridgehead atoms. The maximum absolute atomic E-state index is 11.3. The second-order valence-electron chi connectivity index (χ2n) is 3.73. The molecule has 0 aliphatic heterocycles. The van der Waals surface area contributed by atoms with Gasteiger partial charge in [-0.2, -0.15) is 0 Å². The van der Waals surface area contributed by atoms with Crippen LogP contribution < -0.4 is 5.32 Å². The normalized spacial score (nSPS) is 9.88. The zero-order chi connectivity index (χ0) is 12.3. The number of phenolic OH excluding ortho intramolecular Hbond substituents is 2. The fraction of sp³-hybridized carbons (Fsp3) is 0.250. The van der Waals surface area contributed by atoms with Crippen molar-refractivity contribution in [2.24, 2.45) is 0 Å². The van der Waals surface area contributed by atoms with Crippen molar-refractivity contribution in [3.63, 3.8) is 0 Å². The van der Waals surface area contributed by atoms with Gasteiger partial charge in [0.1, 0.15) is 0 Å². The minimum atomic E-state index is -0.230. The molecule has 1 aromatic carbocycles. The van der Waals surface area contributed by atoms with Gasteiger partial charge in [0.25, 0.3) is 0 Å². The Balaban J connectivity index is 2.78. The van der Waals surface area contributed by atoms with Crippen LogP contribution in [0.15, 0.2) is 24.3 Å². The zero-order valence-corrected chi connectivity index (χ0v) is 9.37. The molecule has 0 aliphatic carbocycles. The summed E-state index contributed by atoms with van der Waals surface area (Å²) >= 11 is 0. The summed E-state index contributed by atoms with van der Waals surface area (Å²) in [6.07, 6.45) is 0. The third-order valence-corrected chi connectivity index (χ3v) is 2.26. The van der Waals surface area contributed by atoms with Crippen molar-refractivity contribution in [3.05, 3.63) is 35.4 Å². The fourth-order valence-electron chi connectivity index (χ4n) is 1.24. The number of aromatic hydroxyl groups is 2. The molecular formula is C12H15NO3. The summed E-state index contributed by atoms with van der Waals surface area (Å²) in [5, 5.41) is 21.2. The molecule has 0 fully saturated rings. The van der Waals surface area contributed by atoms with Crippen LogP contribution in [0.1, 0.15) is 18.1 Å². The third kappa shape index (κ3) is 2.76. The van der Waals surface area contributed by atoms with Gasteiger partial charge in [0.2, 0.25) is 5.91 Å². The smallest absolute Gasteiger partial charge is 0.246 e. The number of carbonyl (C=O) groups is 1. The number of phenols is 2. The first-order valence-corrected chi connectivity index (χ1v) is 4.87.